The zero-order valence-electron chi connectivity index (χ0n) is 12.3. The first-order valence-electron chi connectivity index (χ1n) is 6.71. The number of hydrogen-bond donors (Lipinski definition) is 0. The Kier molecular flexibility index (Phi) is 3.39. The van der Waals surface area contributed by atoms with Crippen LogP contribution in [0.5, 0.6) is 0 Å². The van der Waals surface area contributed by atoms with E-state index in [0.29, 0.717) is 5.82 Å². The zero-order valence-corrected chi connectivity index (χ0v) is 12.3. The monoisotopic (exact) mass is 278 g/mol. The molecule has 104 valence electrons. The molecule has 0 aromatic carbocycles. The van der Waals surface area contributed by atoms with Gasteiger partial charge in [0.25, 0.3) is 5.82 Å². The molecule has 3 aromatic rings. The van der Waals surface area contributed by atoms with Crippen LogP contribution in [0.25, 0.3) is 22.6 Å². The lowest BCUT2D eigenvalue weighted by Crippen LogP contribution is -2.32. The van der Waals surface area contributed by atoms with Crippen LogP contribution >= 0.6 is 0 Å². The summed E-state index contributed by atoms with van der Waals surface area (Å²) in [4.78, 5) is 17.5. The fourth-order valence-corrected chi connectivity index (χ4v) is 1.95. The van der Waals surface area contributed by atoms with Crippen LogP contribution in [-0.4, -0.2) is 19.9 Å². The van der Waals surface area contributed by atoms with E-state index in [-0.39, 0.29) is 0 Å². The van der Waals surface area contributed by atoms with Crippen molar-refractivity contribution in [3.63, 3.8) is 0 Å². The van der Waals surface area contributed by atoms with Crippen LogP contribution in [0.2, 0.25) is 0 Å². The van der Waals surface area contributed by atoms with Crippen LogP contribution in [0.15, 0.2) is 43.1 Å². The van der Waals surface area contributed by atoms with Crippen molar-refractivity contribution in [2.45, 2.75) is 13.8 Å². The fraction of sp³-hybridized carbons (Fsp3) is 0.188. The first-order valence-corrected chi connectivity index (χ1v) is 6.71. The molecule has 0 N–H and O–H groups in total. The summed E-state index contributed by atoms with van der Waals surface area (Å²) in [5.74, 6) is 1.59. The average molecular weight is 278 g/mol. The van der Waals surface area contributed by atoms with Crippen LogP contribution in [0.3, 0.4) is 0 Å². The van der Waals surface area contributed by atoms with Gasteiger partial charge in [-0.2, -0.15) is 0 Å². The van der Waals surface area contributed by atoms with E-state index in [2.05, 4.69) is 19.9 Å². The second kappa shape index (κ2) is 5.36. The van der Waals surface area contributed by atoms with Gasteiger partial charge in [0.15, 0.2) is 12.0 Å². The second-order valence-corrected chi connectivity index (χ2v) is 5.02. The van der Waals surface area contributed by atoms with Crippen LogP contribution in [-0.2, 0) is 7.05 Å². The van der Waals surface area contributed by atoms with E-state index in [1.54, 1.807) is 12.4 Å². The molecule has 3 aromatic heterocycles. The third-order valence-corrected chi connectivity index (χ3v) is 3.36. The highest BCUT2D eigenvalue weighted by Crippen LogP contribution is 2.17. The van der Waals surface area contributed by atoms with Gasteiger partial charge in [-0.15, -0.1) is 0 Å². The van der Waals surface area contributed by atoms with E-state index in [9.17, 15) is 0 Å². The summed E-state index contributed by atoms with van der Waals surface area (Å²) in [6.07, 6.45) is 9.27. The lowest BCUT2D eigenvalue weighted by atomic mass is 10.2. The largest absolute Gasteiger partial charge is 0.294 e. The Bertz CT molecular complexity index is 764. The molecular formula is C16H16N5+. The van der Waals surface area contributed by atoms with Crippen molar-refractivity contribution >= 4 is 0 Å². The van der Waals surface area contributed by atoms with E-state index in [1.807, 2.05) is 56.2 Å². The Morgan fingerprint density at radius 1 is 0.810 bits per heavy atom. The first kappa shape index (κ1) is 13.3. The minimum absolute atomic E-state index is 0.628. The van der Waals surface area contributed by atoms with E-state index < -0.39 is 0 Å². The number of nitrogens with zero attached hydrogens (tertiary/aromatic N) is 5. The Balaban J connectivity index is 1.93. The summed E-state index contributed by atoms with van der Waals surface area (Å²) in [6, 6.07) is 3.93. The van der Waals surface area contributed by atoms with Gasteiger partial charge in [-0.1, -0.05) is 11.1 Å². The molecule has 0 amide bonds. The number of hydrogen-bond acceptors (Lipinski definition) is 4. The average Bonchev–Trinajstić information content (AvgIpc) is 2.51. The predicted molar refractivity (Wildman–Crippen MR) is 79.1 cm³/mol. The molecular weight excluding hydrogens is 262 g/mol. The highest BCUT2D eigenvalue weighted by Gasteiger charge is 2.09. The van der Waals surface area contributed by atoms with Crippen molar-refractivity contribution in [3.8, 4) is 22.6 Å². The molecule has 21 heavy (non-hydrogen) atoms. The molecule has 5 heteroatoms. The van der Waals surface area contributed by atoms with Crippen molar-refractivity contribution in [2.75, 3.05) is 0 Å². The summed E-state index contributed by atoms with van der Waals surface area (Å²) < 4.78 is 1.98. The van der Waals surface area contributed by atoms with Gasteiger partial charge >= 0.3 is 0 Å². The molecule has 3 rings (SSSR count). The quantitative estimate of drug-likeness (QED) is 0.673. The molecule has 0 aliphatic heterocycles. The molecule has 0 saturated heterocycles. The van der Waals surface area contributed by atoms with Crippen molar-refractivity contribution in [1.82, 2.24) is 19.9 Å². The van der Waals surface area contributed by atoms with E-state index in [1.165, 1.54) is 0 Å². The van der Waals surface area contributed by atoms with Gasteiger partial charge < -0.3 is 0 Å². The van der Waals surface area contributed by atoms with Crippen molar-refractivity contribution < 1.29 is 4.57 Å². The van der Waals surface area contributed by atoms with Gasteiger partial charge in [-0.05, 0) is 18.6 Å². The maximum Gasteiger partial charge on any atom is 0.294 e. The second-order valence-electron chi connectivity index (χ2n) is 5.02. The number of aryl methyl sites for hydroxylation is 3. The van der Waals surface area contributed by atoms with E-state index in [4.69, 9.17) is 0 Å². The van der Waals surface area contributed by atoms with Gasteiger partial charge in [-0.3, -0.25) is 4.98 Å². The Hall–Kier alpha value is -2.69. The number of aromatic nitrogens is 5. The maximum atomic E-state index is 4.40. The topological polar surface area (TPSA) is 55.4 Å². The minimum atomic E-state index is 0.628. The molecule has 0 radical (unpaired) electrons. The number of pyridine rings is 1. The lowest BCUT2D eigenvalue weighted by Gasteiger charge is -2.02. The van der Waals surface area contributed by atoms with Gasteiger partial charge in [0.2, 0.25) is 0 Å². The third-order valence-electron chi connectivity index (χ3n) is 3.36. The summed E-state index contributed by atoms with van der Waals surface area (Å²) >= 11 is 0. The summed E-state index contributed by atoms with van der Waals surface area (Å²) in [7, 11) is 1.97. The number of rotatable bonds is 2. The molecule has 0 aliphatic rings. The Morgan fingerprint density at radius 3 is 2.14 bits per heavy atom. The van der Waals surface area contributed by atoms with Crippen LogP contribution < -0.4 is 4.57 Å². The molecule has 0 bridgehead atoms. The molecule has 0 spiro atoms. The summed E-state index contributed by atoms with van der Waals surface area (Å²) in [5, 5.41) is 0. The van der Waals surface area contributed by atoms with Crippen molar-refractivity contribution in [2.24, 2.45) is 7.05 Å². The highest BCUT2D eigenvalue weighted by molar-refractivity contribution is 5.60. The Labute approximate surface area is 123 Å². The van der Waals surface area contributed by atoms with E-state index in [0.717, 1.165) is 28.2 Å². The van der Waals surface area contributed by atoms with Crippen molar-refractivity contribution in [3.05, 3.63) is 54.5 Å². The molecule has 3 heterocycles. The molecule has 0 aliphatic carbocycles. The molecule has 0 fully saturated rings. The SMILES string of the molecule is Cc1ccc(-c2ncc(-c3cnc(C)[n+](C)c3)cn2)nc1. The smallest absolute Gasteiger partial charge is 0.253 e. The van der Waals surface area contributed by atoms with Crippen LogP contribution in [0, 0.1) is 13.8 Å². The molecule has 5 nitrogen and oxygen atoms in total. The summed E-state index contributed by atoms with van der Waals surface area (Å²) in [5.41, 5.74) is 3.83. The zero-order chi connectivity index (χ0) is 14.8. The minimum Gasteiger partial charge on any atom is -0.253 e. The van der Waals surface area contributed by atoms with Gasteiger partial charge in [0, 0.05) is 31.1 Å². The standard InChI is InChI=1S/C16H16N5/c1-11-4-5-15(18-6-11)16-19-7-13(8-20-16)14-9-17-12(2)21(3)10-14/h4-10H,1-3H3/q+1. The first-order chi connectivity index (χ1) is 10.1. The molecule has 0 atom stereocenters. The fourth-order valence-electron chi connectivity index (χ4n) is 1.95. The van der Waals surface area contributed by atoms with E-state index >= 15 is 0 Å². The molecule has 0 unspecified atom stereocenters. The van der Waals surface area contributed by atoms with Gasteiger partial charge in [0.05, 0.1) is 12.6 Å². The van der Waals surface area contributed by atoms with Gasteiger partial charge in [0.1, 0.15) is 11.9 Å². The van der Waals surface area contributed by atoms with Crippen LogP contribution in [0.4, 0.5) is 0 Å². The maximum absolute atomic E-state index is 4.40. The van der Waals surface area contributed by atoms with Crippen molar-refractivity contribution in [1.29, 1.82) is 0 Å². The molecule has 0 saturated carbocycles. The summed E-state index contributed by atoms with van der Waals surface area (Å²) in [6.45, 7) is 3.97. The highest BCUT2D eigenvalue weighted by atomic mass is 15.0. The lowest BCUT2D eigenvalue weighted by molar-refractivity contribution is -0.680. The van der Waals surface area contributed by atoms with Crippen LogP contribution in [0.1, 0.15) is 11.4 Å². The third kappa shape index (κ3) is 2.76. The predicted octanol–water partition coefficient (Wildman–Crippen LogP) is 2.04. The Morgan fingerprint density at radius 2 is 1.52 bits per heavy atom. The normalized spacial score (nSPS) is 10.6. The van der Waals surface area contributed by atoms with Gasteiger partial charge in [-0.25, -0.2) is 14.5 Å².